The highest BCUT2D eigenvalue weighted by Crippen LogP contribution is 2.24. The van der Waals surface area contributed by atoms with Gasteiger partial charge in [-0.2, -0.15) is 0 Å². The molecule has 0 saturated heterocycles. The maximum Gasteiger partial charge on any atom is 0.274 e. The largest absolute Gasteiger partial charge is 0.333 e. The monoisotopic (exact) mass is 297 g/mol. The zero-order valence-corrected chi connectivity index (χ0v) is 12.7. The lowest BCUT2D eigenvalue weighted by Gasteiger charge is -2.23. The molecule has 3 aromatic rings. The van der Waals surface area contributed by atoms with Crippen LogP contribution >= 0.6 is 11.3 Å². The molecule has 3 rings (SSSR count). The zero-order valence-electron chi connectivity index (χ0n) is 11.9. The molecule has 2 aromatic heterocycles. The van der Waals surface area contributed by atoms with Gasteiger partial charge in [0.1, 0.15) is 5.69 Å². The minimum atomic E-state index is -0.117. The van der Waals surface area contributed by atoms with Crippen molar-refractivity contribution in [2.45, 2.75) is 13.0 Å². The van der Waals surface area contributed by atoms with Gasteiger partial charge in [-0.1, -0.05) is 18.2 Å². The second-order valence-corrected chi connectivity index (χ2v) is 5.83. The number of fused-ring (bicyclic) bond motifs is 1. The molecular weight excluding hydrogens is 282 g/mol. The second kappa shape index (κ2) is 5.61. The molecule has 0 fully saturated rings. The fourth-order valence-electron chi connectivity index (χ4n) is 2.14. The van der Waals surface area contributed by atoms with Gasteiger partial charge >= 0.3 is 0 Å². The van der Waals surface area contributed by atoms with Crippen LogP contribution in [-0.2, 0) is 0 Å². The summed E-state index contributed by atoms with van der Waals surface area (Å²) >= 11 is 1.64. The quantitative estimate of drug-likeness (QED) is 0.743. The topological polar surface area (TPSA) is 46.1 Å². The van der Waals surface area contributed by atoms with Crippen LogP contribution in [0.4, 0.5) is 0 Å². The van der Waals surface area contributed by atoms with Crippen molar-refractivity contribution in [1.29, 1.82) is 0 Å². The van der Waals surface area contributed by atoms with E-state index in [0.29, 0.717) is 5.69 Å². The summed E-state index contributed by atoms with van der Waals surface area (Å²) in [7, 11) is 1.80. The fourth-order valence-corrected chi connectivity index (χ4v) is 2.96. The lowest BCUT2D eigenvalue weighted by molar-refractivity contribution is 0.0739. The number of hydrogen-bond acceptors (Lipinski definition) is 4. The maximum absolute atomic E-state index is 12.6. The van der Waals surface area contributed by atoms with Crippen LogP contribution in [-0.4, -0.2) is 27.8 Å². The van der Waals surface area contributed by atoms with Crippen LogP contribution < -0.4 is 0 Å². The van der Waals surface area contributed by atoms with Gasteiger partial charge in [0, 0.05) is 11.9 Å². The average Bonchev–Trinajstić information content (AvgIpc) is 3.06. The molecule has 0 N–H and O–H groups in total. The number of aromatic nitrogens is 2. The number of nitrogens with zero attached hydrogens (tertiary/aromatic N) is 3. The van der Waals surface area contributed by atoms with E-state index in [9.17, 15) is 4.79 Å². The van der Waals surface area contributed by atoms with E-state index in [4.69, 9.17) is 0 Å². The average molecular weight is 297 g/mol. The Balaban J connectivity index is 1.89. The van der Waals surface area contributed by atoms with Crippen molar-refractivity contribution in [3.8, 4) is 0 Å². The summed E-state index contributed by atoms with van der Waals surface area (Å²) in [5.41, 5.74) is 1.91. The van der Waals surface area contributed by atoms with Crippen LogP contribution in [0.2, 0.25) is 0 Å². The molecule has 1 atom stereocenters. The summed E-state index contributed by atoms with van der Waals surface area (Å²) in [6.45, 7) is 2.01. The molecule has 0 radical (unpaired) electrons. The van der Waals surface area contributed by atoms with Crippen LogP contribution in [0.25, 0.3) is 11.0 Å². The third-order valence-corrected chi connectivity index (χ3v) is 4.57. The van der Waals surface area contributed by atoms with E-state index in [1.165, 1.54) is 0 Å². The van der Waals surface area contributed by atoms with Crippen molar-refractivity contribution in [3.63, 3.8) is 0 Å². The Kier molecular flexibility index (Phi) is 3.66. The van der Waals surface area contributed by atoms with E-state index in [0.717, 1.165) is 15.9 Å². The lowest BCUT2D eigenvalue weighted by atomic mass is 10.2. The van der Waals surface area contributed by atoms with E-state index in [2.05, 4.69) is 9.97 Å². The van der Waals surface area contributed by atoms with Gasteiger partial charge in [0.15, 0.2) is 0 Å². The first kappa shape index (κ1) is 13.7. The number of para-hydroxylation sites is 2. The van der Waals surface area contributed by atoms with Gasteiger partial charge in [-0.25, -0.2) is 4.98 Å². The molecule has 21 heavy (non-hydrogen) atoms. The number of hydrogen-bond donors (Lipinski definition) is 0. The van der Waals surface area contributed by atoms with Gasteiger partial charge < -0.3 is 4.90 Å². The molecule has 0 aliphatic carbocycles. The summed E-state index contributed by atoms with van der Waals surface area (Å²) in [5.74, 6) is -0.117. The molecule has 0 aliphatic rings. The van der Waals surface area contributed by atoms with Crippen molar-refractivity contribution in [1.82, 2.24) is 14.9 Å². The Bertz CT molecular complexity index is 770. The highest BCUT2D eigenvalue weighted by atomic mass is 32.1. The number of amides is 1. The second-order valence-electron chi connectivity index (χ2n) is 4.85. The lowest BCUT2D eigenvalue weighted by Crippen LogP contribution is -2.30. The molecule has 1 amide bonds. The van der Waals surface area contributed by atoms with Crippen molar-refractivity contribution < 1.29 is 4.79 Å². The van der Waals surface area contributed by atoms with Crippen LogP contribution in [0.5, 0.6) is 0 Å². The first-order valence-corrected chi connectivity index (χ1v) is 7.57. The highest BCUT2D eigenvalue weighted by Gasteiger charge is 2.21. The molecule has 2 heterocycles. The molecular formula is C16H15N3OS. The SMILES string of the molecule is C[C@H](c1cccs1)N(C)C(=O)c1cnc2ccccc2n1. The van der Waals surface area contributed by atoms with Crippen LogP contribution in [0.3, 0.4) is 0 Å². The molecule has 1 aromatic carbocycles. The van der Waals surface area contributed by atoms with Gasteiger partial charge in [-0.3, -0.25) is 9.78 Å². The van der Waals surface area contributed by atoms with Crippen molar-refractivity contribution in [2.75, 3.05) is 7.05 Å². The molecule has 0 bridgehead atoms. The zero-order chi connectivity index (χ0) is 14.8. The predicted octanol–water partition coefficient (Wildman–Crippen LogP) is 3.52. The summed E-state index contributed by atoms with van der Waals surface area (Å²) in [6, 6.07) is 11.6. The van der Waals surface area contributed by atoms with E-state index in [1.807, 2.05) is 48.7 Å². The molecule has 0 aliphatic heterocycles. The fraction of sp³-hybridized carbons (Fsp3) is 0.188. The molecule has 106 valence electrons. The minimum absolute atomic E-state index is 0.0192. The normalized spacial score (nSPS) is 12.3. The summed E-state index contributed by atoms with van der Waals surface area (Å²) < 4.78 is 0. The number of carbonyl (C=O) groups is 1. The first-order valence-electron chi connectivity index (χ1n) is 6.69. The standard InChI is InChI=1S/C16H15N3OS/c1-11(15-8-5-9-21-15)19(2)16(20)14-10-17-12-6-3-4-7-13(12)18-14/h3-11H,1-2H3/t11-/m1/s1. The van der Waals surface area contributed by atoms with Crippen molar-refractivity contribution in [3.05, 3.63) is 58.5 Å². The third kappa shape index (κ3) is 2.64. The van der Waals surface area contributed by atoms with Crippen molar-refractivity contribution in [2.24, 2.45) is 0 Å². The molecule has 0 saturated carbocycles. The minimum Gasteiger partial charge on any atom is -0.333 e. The number of carbonyl (C=O) groups excluding carboxylic acids is 1. The van der Waals surface area contributed by atoms with Gasteiger partial charge in [0.05, 0.1) is 23.3 Å². The Labute approximate surface area is 127 Å². The van der Waals surface area contributed by atoms with E-state index in [-0.39, 0.29) is 11.9 Å². The Morgan fingerprint density at radius 2 is 1.95 bits per heavy atom. The van der Waals surface area contributed by atoms with Crippen LogP contribution in [0, 0.1) is 0 Å². The summed E-state index contributed by atoms with van der Waals surface area (Å²) in [4.78, 5) is 24.1. The van der Waals surface area contributed by atoms with Gasteiger partial charge in [-0.05, 0) is 30.5 Å². The Hall–Kier alpha value is -2.27. The number of rotatable bonds is 3. The Morgan fingerprint density at radius 1 is 1.19 bits per heavy atom. The smallest absolute Gasteiger partial charge is 0.274 e. The van der Waals surface area contributed by atoms with Gasteiger partial charge in [0.2, 0.25) is 0 Å². The number of benzene rings is 1. The van der Waals surface area contributed by atoms with Crippen molar-refractivity contribution >= 4 is 28.3 Å². The van der Waals surface area contributed by atoms with Gasteiger partial charge in [-0.15, -0.1) is 11.3 Å². The van der Waals surface area contributed by atoms with E-state index >= 15 is 0 Å². The number of thiophene rings is 1. The van der Waals surface area contributed by atoms with Gasteiger partial charge in [0.25, 0.3) is 5.91 Å². The third-order valence-electron chi connectivity index (χ3n) is 3.52. The van der Waals surface area contributed by atoms with Crippen LogP contribution in [0.15, 0.2) is 48.0 Å². The first-order chi connectivity index (χ1) is 10.2. The van der Waals surface area contributed by atoms with E-state index in [1.54, 1.807) is 29.5 Å². The molecule has 0 spiro atoms. The summed E-state index contributed by atoms with van der Waals surface area (Å²) in [6.07, 6.45) is 1.54. The molecule has 5 heteroatoms. The van der Waals surface area contributed by atoms with Crippen LogP contribution in [0.1, 0.15) is 28.3 Å². The Morgan fingerprint density at radius 3 is 2.67 bits per heavy atom. The summed E-state index contributed by atoms with van der Waals surface area (Å²) in [5, 5.41) is 2.01. The highest BCUT2D eigenvalue weighted by molar-refractivity contribution is 7.10. The maximum atomic E-state index is 12.6. The molecule has 0 unspecified atom stereocenters. The predicted molar refractivity (Wildman–Crippen MR) is 84.4 cm³/mol. The molecule has 4 nitrogen and oxygen atoms in total. The van der Waals surface area contributed by atoms with E-state index < -0.39 is 0 Å².